The van der Waals surface area contributed by atoms with Gasteiger partial charge in [0, 0.05) is 0 Å². The van der Waals surface area contributed by atoms with E-state index in [-0.39, 0.29) is 24.5 Å². The molecule has 0 aliphatic rings. The summed E-state index contributed by atoms with van der Waals surface area (Å²) < 4.78 is 15.8. The molecule has 25 heavy (non-hydrogen) atoms. The van der Waals surface area contributed by atoms with Crippen LogP contribution >= 0.6 is 0 Å². The molecule has 0 fully saturated rings. The molecule has 0 saturated heterocycles. The summed E-state index contributed by atoms with van der Waals surface area (Å²) in [5.74, 6) is 2.25. The second-order valence-corrected chi connectivity index (χ2v) is 6.03. The molecule has 1 atom stereocenters. The summed E-state index contributed by atoms with van der Waals surface area (Å²) in [4.78, 5) is 12.3. The summed E-state index contributed by atoms with van der Waals surface area (Å²) in [7, 11) is 3.24. The molecule has 1 amide bonds. The molecule has 0 spiro atoms. The minimum absolute atomic E-state index is 0.0360. The van der Waals surface area contributed by atoms with Crippen molar-refractivity contribution < 1.29 is 19.0 Å². The maximum atomic E-state index is 12.3. The Bertz CT molecular complexity index is 665. The van der Waals surface area contributed by atoms with Crippen molar-refractivity contribution in [3.05, 3.63) is 54.1 Å². The van der Waals surface area contributed by atoms with Crippen molar-refractivity contribution in [1.82, 2.24) is 5.32 Å². The fourth-order valence-electron chi connectivity index (χ4n) is 2.48. The van der Waals surface area contributed by atoms with Gasteiger partial charge >= 0.3 is 0 Å². The van der Waals surface area contributed by atoms with Crippen LogP contribution in [0.25, 0.3) is 0 Å². The molecule has 1 N–H and O–H groups in total. The number of methoxy groups -OCH3 is 2. The average molecular weight is 343 g/mol. The Morgan fingerprint density at radius 3 is 1.84 bits per heavy atom. The standard InChI is InChI=1S/C20H25NO4/c1-14(2)20(15-5-7-16(23-3)8-6-15)21-19(22)13-25-18-11-9-17(24-4)10-12-18/h5-12,14,20H,13H2,1-4H3,(H,21,22). The van der Waals surface area contributed by atoms with Gasteiger partial charge in [-0.25, -0.2) is 0 Å². The van der Waals surface area contributed by atoms with E-state index in [1.165, 1.54) is 0 Å². The lowest BCUT2D eigenvalue weighted by Gasteiger charge is -2.23. The van der Waals surface area contributed by atoms with Crippen LogP contribution in [0.3, 0.4) is 0 Å². The molecule has 0 radical (unpaired) electrons. The van der Waals surface area contributed by atoms with Gasteiger partial charge in [0.15, 0.2) is 6.61 Å². The van der Waals surface area contributed by atoms with E-state index >= 15 is 0 Å². The summed E-state index contributed by atoms with van der Waals surface area (Å²) in [5.41, 5.74) is 1.04. The molecule has 5 heteroatoms. The van der Waals surface area contributed by atoms with E-state index in [1.54, 1.807) is 38.5 Å². The number of benzene rings is 2. The first-order chi connectivity index (χ1) is 12.0. The van der Waals surface area contributed by atoms with E-state index in [0.717, 1.165) is 17.1 Å². The first kappa shape index (κ1) is 18.6. The van der Waals surface area contributed by atoms with Crippen molar-refractivity contribution in [2.24, 2.45) is 5.92 Å². The molecule has 0 heterocycles. The molecule has 0 saturated carbocycles. The predicted molar refractivity (Wildman–Crippen MR) is 97.2 cm³/mol. The average Bonchev–Trinajstić information content (AvgIpc) is 2.64. The predicted octanol–water partition coefficient (Wildman–Crippen LogP) is 3.60. The normalized spacial score (nSPS) is 11.7. The van der Waals surface area contributed by atoms with Gasteiger partial charge in [-0.1, -0.05) is 26.0 Å². The van der Waals surface area contributed by atoms with Gasteiger partial charge in [-0.05, 0) is 47.9 Å². The van der Waals surface area contributed by atoms with Crippen LogP contribution < -0.4 is 19.5 Å². The van der Waals surface area contributed by atoms with Crippen LogP contribution in [0.4, 0.5) is 0 Å². The summed E-state index contributed by atoms with van der Waals surface area (Å²) >= 11 is 0. The molecular formula is C20H25NO4. The number of carbonyl (C=O) groups excluding carboxylic acids is 1. The SMILES string of the molecule is COc1ccc(OCC(=O)NC(c2ccc(OC)cc2)C(C)C)cc1. The number of hydrogen-bond donors (Lipinski definition) is 1. The third-order valence-corrected chi connectivity index (χ3v) is 3.89. The molecule has 0 aliphatic heterocycles. The number of nitrogens with one attached hydrogen (secondary N) is 1. The van der Waals surface area contributed by atoms with Crippen LogP contribution in [-0.4, -0.2) is 26.7 Å². The summed E-state index contributed by atoms with van der Waals surface area (Å²) in [6.45, 7) is 4.10. The van der Waals surface area contributed by atoms with E-state index in [2.05, 4.69) is 19.2 Å². The fourth-order valence-corrected chi connectivity index (χ4v) is 2.48. The number of rotatable bonds is 8. The van der Waals surface area contributed by atoms with E-state index in [0.29, 0.717) is 5.75 Å². The van der Waals surface area contributed by atoms with Crippen molar-refractivity contribution in [1.29, 1.82) is 0 Å². The molecule has 2 aromatic carbocycles. The quantitative estimate of drug-likeness (QED) is 0.796. The number of amides is 1. The number of ether oxygens (including phenoxy) is 3. The van der Waals surface area contributed by atoms with Crippen LogP contribution in [0.5, 0.6) is 17.2 Å². The highest BCUT2D eigenvalue weighted by Gasteiger charge is 2.18. The highest BCUT2D eigenvalue weighted by Crippen LogP contribution is 2.24. The second-order valence-electron chi connectivity index (χ2n) is 6.03. The Kier molecular flexibility index (Phi) is 6.69. The zero-order valence-electron chi connectivity index (χ0n) is 15.1. The molecule has 2 rings (SSSR count). The Labute approximate surface area is 148 Å². The van der Waals surface area contributed by atoms with Crippen LogP contribution in [0.15, 0.2) is 48.5 Å². The fraction of sp³-hybridized carbons (Fsp3) is 0.350. The van der Waals surface area contributed by atoms with Crippen molar-refractivity contribution in [3.63, 3.8) is 0 Å². The summed E-state index contributed by atoms with van der Waals surface area (Å²) in [6, 6.07) is 14.8. The zero-order valence-corrected chi connectivity index (χ0v) is 15.1. The van der Waals surface area contributed by atoms with Crippen molar-refractivity contribution >= 4 is 5.91 Å². The highest BCUT2D eigenvalue weighted by atomic mass is 16.5. The van der Waals surface area contributed by atoms with Gasteiger partial charge in [0.1, 0.15) is 17.2 Å². The van der Waals surface area contributed by atoms with Crippen LogP contribution in [0.1, 0.15) is 25.5 Å². The second kappa shape index (κ2) is 8.97. The molecule has 5 nitrogen and oxygen atoms in total. The molecule has 2 aromatic rings. The lowest BCUT2D eigenvalue weighted by atomic mass is 9.96. The van der Waals surface area contributed by atoms with Crippen molar-refractivity contribution in [2.45, 2.75) is 19.9 Å². The first-order valence-corrected chi connectivity index (χ1v) is 8.23. The van der Waals surface area contributed by atoms with Gasteiger partial charge < -0.3 is 19.5 Å². The van der Waals surface area contributed by atoms with Crippen LogP contribution in [0, 0.1) is 5.92 Å². The Balaban J connectivity index is 1.94. The molecule has 0 aliphatic carbocycles. The maximum absolute atomic E-state index is 12.3. The largest absolute Gasteiger partial charge is 0.497 e. The molecule has 134 valence electrons. The van der Waals surface area contributed by atoms with Gasteiger partial charge in [0.25, 0.3) is 5.91 Å². The third-order valence-electron chi connectivity index (χ3n) is 3.89. The molecular weight excluding hydrogens is 318 g/mol. The Morgan fingerprint density at radius 1 is 0.880 bits per heavy atom. The van der Waals surface area contributed by atoms with Crippen LogP contribution in [-0.2, 0) is 4.79 Å². The smallest absolute Gasteiger partial charge is 0.258 e. The van der Waals surface area contributed by atoms with Gasteiger partial charge in [0.05, 0.1) is 20.3 Å². The summed E-state index contributed by atoms with van der Waals surface area (Å²) in [6.07, 6.45) is 0. The minimum atomic E-state index is -0.162. The number of hydrogen-bond acceptors (Lipinski definition) is 4. The van der Waals surface area contributed by atoms with Gasteiger partial charge in [-0.15, -0.1) is 0 Å². The van der Waals surface area contributed by atoms with E-state index in [4.69, 9.17) is 14.2 Å². The van der Waals surface area contributed by atoms with Gasteiger partial charge in [-0.3, -0.25) is 4.79 Å². The van der Waals surface area contributed by atoms with Crippen LogP contribution in [0.2, 0.25) is 0 Å². The molecule has 0 aromatic heterocycles. The molecule has 0 bridgehead atoms. The monoisotopic (exact) mass is 343 g/mol. The zero-order chi connectivity index (χ0) is 18.2. The topological polar surface area (TPSA) is 56.8 Å². The van der Waals surface area contributed by atoms with Crippen molar-refractivity contribution in [2.75, 3.05) is 20.8 Å². The summed E-state index contributed by atoms with van der Waals surface area (Å²) in [5, 5.41) is 3.03. The van der Waals surface area contributed by atoms with E-state index in [9.17, 15) is 4.79 Å². The number of carbonyl (C=O) groups is 1. The lowest BCUT2D eigenvalue weighted by Crippen LogP contribution is -2.35. The Hall–Kier alpha value is -2.69. The van der Waals surface area contributed by atoms with Crippen molar-refractivity contribution in [3.8, 4) is 17.2 Å². The van der Waals surface area contributed by atoms with Gasteiger partial charge in [-0.2, -0.15) is 0 Å². The van der Waals surface area contributed by atoms with E-state index in [1.807, 2.05) is 24.3 Å². The van der Waals surface area contributed by atoms with Gasteiger partial charge in [0.2, 0.25) is 0 Å². The maximum Gasteiger partial charge on any atom is 0.258 e. The third kappa shape index (κ3) is 5.41. The molecule has 1 unspecified atom stereocenters. The highest BCUT2D eigenvalue weighted by molar-refractivity contribution is 5.78. The first-order valence-electron chi connectivity index (χ1n) is 8.23. The van der Waals surface area contributed by atoms with E-state index < -0.39 is 0 Å². The minimum Gasteiger partial charge on any atom is -0.497 e. The lowest BCUT2D eigenvalue weighted by molar-refractivity contribution is -0.124. The Morgan fingerprint density at radius 2 is 1.36 bits per heavy atom.